The van der Waals surface area contributed by atoms with Gasteiger partial charge in [-0.1, -0.05) is 6.92 Å². The average molecular weight is 300 g/mol. The van der Waals surface area contributed by atoms with Crippen LogP contribution in [0.2, 0.25) is 0 Å². The molecule has 0 aliphatic carbocycles. The second-order valence-corrected chi connectivity index (χ2v) is 4.99. The number of ketones is 1. The summed E-state index contributed by atoms with van der Waals surface area (Å²) in [6, 6.07) is 9.03. The molecule has 2 aromatic rings. The van der Waals surface area contributed by atoms with Crippen LogP contribution in [0, 0.1) is 0 Å². The van der Waals surface area contributed by atoms with Crippen molar-refractivity contribution in [2.24, 2.45) is 0 Å². The smallest absolute Gasteiger partial charge is 0.277 e. The highest BCUT2D eigenvalue weighted by atomic mass is 16.5. The first kappa shape index (κ1) is 15.9. The fourth-order valence-corrected chi connectivity index (χ4v) is 2.09. The zero-order valence-electron chi connectivity index (χ0n) is 13.1. The number of aryl methyl sites for hydroxylation is 1. The van der Waals surface area contributed by atoms with E-state index in [1.807, 2.05) is 31.2 Å². The third-order valence-electron chi connectivity index (χ3n) is 3.28. The van der Waals surface area contributed by atoms with Crippen LogP contribution in [0.3, 0.4) is 0 Å². The molecule has 0 spiro atoms. The van der Waals surface area contributed by atoms with Crippen molar-refractivity contribution in [1.82, 2.24) is 9.78 Å². The van der Waals surface area contributed by atoms with Gasteiger partial charge in [0.15, 0.2) is 5.78 Å². The van der Waals surface area contributed by atoms with Crippen LogP contribution >= 0.6 is 0 Å². The van der Waals surface area contributed by atoms with Crippen molar-refractivity contribution in [1.29, 1.82) is 0 Å². The molecule has 1 aromatic heterocycles. The van der Waals surface area contributed by atoms with Crippen molar-refractivity contribution in [2.45, 2.75) is 33.7 Å². The minimum atomic E-state index is -0.346. The summed E-state index contributed by atoms with van der Waals surface area (Å²) < 4.78 is 6.86. The van der Waals surface area contributed by atoms with Gasteiger partial charge in [-0.15, -0.1) is 0 Å². The number of hydrogen-bond acceptors (Lipinski definition) is 4. The van der Waals surface area contributed by atoms with E-state index in [1.165, 1.54) is 11.6 Å². The monoisotopic (exact) mass is 300 g/mol. The van der Waals surface area contributed by atoms with E-state index < -0.39 is 0 Å². The van der Waals surface area contributed by atoms with Crippen LogP contribution < -0.4 is 10.3 Å². The standard InChI is InChI=1S/C17H20N2O3/c1-4-10-22-14-8-6-13(7-9-14)16-11-15(12(3)20)17(21)19(5-2)18-16/h6-9,11H,4-5,10H2,1-3H3. The maximum Gasteiger partial charge on any atom is 0.277 e. The van der Waals surface area contributed by atoms with Gasteiger partial charge in [0, 0.05) is 12.1 Å². The number of carbonyl (C=O) groups excluding carboxylic acids is 1. The molecule has 0 radical (unpaired) electrons. The highest BCUT2D eigenvalue weighted by Gasteiger charge is 2.12. The fraction of sp³-hybridized carbons (Fsp3) is 0.353. The summed E-state index contributed by atoms with van der Waals surface area (Å²) in [5, 5.41) is 4.31. The molecule has 0 amide bonds. The largest absolute Gasteiger partial charge is 0.494 e. The Morgan fingerprint density at radius 1 is 1.23 bits per heavy atom. The Labute approximate surface area is 129 Å². The Bertz CT molecular complexity index is 718. The predicted octanol–water partition coefficient (Wildman–Crippen LogP) is 2.92. The summed E-state index contributed by atoms with van der Waals surface area (Å²) in [6.45, 7) is 6.36. The van der Waals surface area contributed by atoms with Gasteiger partial charge in [0.2, 0.25) is 0 Å². The van der Waals surface area contributed by atoms with Gasteiger partial charge < -0.3 is 4.74 Å². The maximum atomic E-state index is 12.1. The third kappa shape index (κ3) is 3.42. The predicted molar refractivity (Wildman–Crippen MR) is 85.4 cm³/mol. The second kappa shape index (κ2) is 7.02. The Kier molecular flexibility index (Phi) is 5.09. The Balaban J connectivity index is 2.41. The van der Waals surface area contributed by atoms with Gasteiger partial charge in [-0.3, -0.25) is 9.59 Å². The lowest BCUT2D eigenvalue weighted by Gasteiger charge is -2.09. The van der Waals surface area contributed by atoms with E-state index in [1.54, 1.807) is 6.07 Å². The third-order valence-corrected chi connectivity index (χ3v) is 3.28. The van der Waals surface area contributed by atoms with Gasteiger partial charge in [-0.05, 0) is 50.6 Å². The van der Waals surface area contributed by atoms with Crippen molar-refractivity contribution in [3.05, 3.63) is 46.2 Å². The zero-order valence-corrected chi connectivity index (χ0v) is 13.1. The van der Waals surface area contributed by atoms with Crippen LogP contribution in [0.1, 0.15) is 37.6 Å². The summed E-state index contributed by atoms with van der Waals surface area (Å²) in [5.74, 6) is 0.542. The first-order chi connectivity index (χ1) is 10.6. The van der Waals surface area contributed by atoms with Gasteiger partial charge in [0.1, 0.15) is 5.75 Å². The molecule has 0 aliphatic heterocycles. The normalized spacial score (nSPS) is 10.5. The van der Waals surface area contributed by atoms with Gasteiger partial charge in [-0.2, -0.15) is 5.10 Å². The highest BCUT2D eigenvalue weighted by Crippen LogP contribution is 2.21. The molecule has 22 heavy (non-hydrogen) atoms. The molecule has 2 rings (SSSR count). The number of Topliss-reactive ketones (excluding diaryl/α,β-unsaturated/α-hetero) is 1. The molecule has 0 bridgehead atoms. The van der Waals surface area contributed by atoms with Crippen LogP contribution in [0.5, 0.6) is 5.75 Å². The quantitative estimate of drug-likeness (QED) is 0.770. The molecule has 1 heterocycles. The van der Waals surface area contributed by atoms with Gasteiger partial charge in [-0.25, -0.2) is 4.68 Å². The molecule has 0 atom stereocenters. The SMILES string of the molecule is CCCOc1ccc(-c2cc(C(C)=O)c(=O)n(CC)n2)cc1. The lowest BCUT2D eigenvalue weighted by Crippen LogP contribution is -2.27. The van der Waals surface area contributed by atoms with Gasteiger partial charge >= 0.3 is 0 Å². The number of hydrogen-bond donors (Lipinski definition) is 0. The Morgan fingerprint density at radius 2 is 1.91 bits per heavy atom. The lowest BCUT2D eigenvalue weighted by molar-refractivity contribution is 0.101. The number of ether oxygens (including phenoxy) is 1. The topological polar surface area (TPSA) is 61.2 Å². The summed E-state index contributed by atoms with van der Waals surface area (Å²) in [5.41, 5.74) is 1.27. The number of aromatic nitrogens is 2. The Morgan fingerprint density at radius 3 is 2.45 bits per heavy atom. The van der Waals surface area contributed by atoms with E-state index in [2.05, 4.69) is 12.0 Å². The zero-order chi connectivity index (χ0) is 16.1. The van der Waals surface area contributed by atoms with E-state index in [0.29, 0.717) is 18.8 Å². The van der Waals surface area contributed by atoms with E-state index in [4.69, 9.17) is 4.74 Å². The fourth-order valence-electron chi connectivity index (χ4n) is 2.09. The van der Waals surface area contributed by atoms with Crippen molar-refractivity contribution >= 4 is 5.78 Å². The molecular formula is C17H20N2O3. The Hall–Kier alpha value is -2.43. The van der Waals surface area contributed by atoms with Crippen LogP contribution in [0.25, 0.3) is 11.3 Å². The second-order valence-electron chi connectivity index (χ2n) is 4.99. The van der Waals surface area contributed by atoms with Crippen LogP contribution in [0.4, 0.5) is 0 Å². The molecule has 5 heteroatoms. The number of benzene rings is 1. The van der Waals surface area contributed by atoms with Crippen LogP contribution in [0.15, 0.2) is 35.1 Å². The van der Waals surface area contributed by atoms with Crippen molar-refractivity contribution in [3.8, 4) is 17.0 Å². The molecule has 0 saturated carbocycles. The minimum absolute atomic E-state index is 0.165. The van der Waals surface area contributed by atoms with E-state index in [-0.39, 0.29) is 16.9 Å². The highest BCUT2D eigenvalue weighted by molar-refractivity contribution is 5.94. The number of nitrogens with zero attached hydrogens (tertiary/aromatic N) is 2. The molecule has 116 valence electrons. The molecule has 0 fully saturated rings. The molecule has 0 saturated heterocycles. The van der Waals surface area contributed by atoms with Gasteiger partial charge in [0.05, 0.1) is 17.9 Å². The van der Waals surface area contributed by atoms with E-state index >= 15 is 0 Å². The summed E-state index contributed by atoms with van der Waals surface area (Å²) >= 11 is 0. The van der Waals surface area contributed by atoms with E-state index in [9.17, 15) is 9.59 Å². The lowest BCUT2D eigenvalue weighted by atomic mass is 10.1. The van der Waals surface area contributed by atoms with Crippen LogP contribution in [-0.2, 0) is 6.54 Å². The molecule has 0 aliphatic rings. The summed E-state index contributed by atoms with van der Waals surface area (Å²) in [7, 11) is 0. The van der Waals surface area contributed by atoms with Gasteiger partial charge in [0.25, 0.3) is 5.56 Å². The molecule has 5 nitrogen and oxygen atoms in total. The van der Waals surface area contributed by atoms with Crippen molar-refractivity contribution in [3.63, 3.8) is 0 Å². The first-order valence-corrected chi connectivity index (χ1v) is 7.43. The van der Waals surface area contributed by atoms with E-state index in [0.717, 1.165) is 17.7 Å². The maximum absolute atomic E-state index is 12.1. The molecule has 0 N–H and O–H groups in total. The first-order valence-electron chi connectivity index (χ1n) is 7.43. The summed E-state index contributed by atoms with van der Waals surface area (Å²) in [4.78, 5) is 23.7. The minimum Gasteiger partial charge on any atom is -0.494 e. The van der Waals surface area contributed by atoms with Crippen molar-refractivity contribution in [2.75, 3.05) is 6.61 Å². The van der Waals surface area contributed by atoms with Crippen LogP contribution in [-0.4, -0.2) is 22.2 Å². The summed E-state index contributed by atoms with van der Waals surface area (Å²) in [6.07, 6.45) is 0.951. The molecular weight excluding hydrogens is 280 g/mol. The molecule has 1 aromatic carbocycles. The number of carbonyl (C=O) groups is 1. The molecule has 0 unspecified atom stereocenters. The van der Waals surface area contributed by atoms with Crippen molar-refractivity contribution < 1.29 is 9.53 Å². The number of rotatable bonds is 6. The average Bonchev–Trinajstić information content (AvgIpc) is 2.53.